The molecule has 0 saturated carbocycles. The van der Waals surface area contributed by atoms with E-state index in [9.17, 15) is 9.18 Å². The number of carbonyl (C=O) groups is 1. The fourth-order valence-corrected chi connectivity index (χ4v) is 4.33. The van der Waals surface area contributed by atoms with Crippen LogP contribution in [0.1, 0.15) is 33.8 Å². The summed E-state index contributed by atoms with van der Waals surface area (Å²) in [6.45, 7) is 3.98. The van der Waals surface area contributed by atoms with E-state index in [4.69, 9.17) is 14.1 Å². The highest BCUT2D eigenvalue weighted by molar-refractivity contribution is 5.91. The maximum atomic E-state index is 13.7. The van der Waals surface area contributed by atoms with Gasteiger partial charge in [-0.2, -0.15) is 0 Å². The Bertz CT molecular complexity index is 1310. The van der Waals surface area contributed by atoms with Crippen molar-refractivity contribution in [1.29, 1.82) is 0 Å². The Kier molecular flexibility index (Phi) is 6.82. The number of carbonyl (C=O) groups excluding carboxylic acids is 1. The Morgan fingerprint density at radius 1 is 1.20 bits per heavy atom. The van der Waals surface area contributed by atoms with E-state index in [1.807, 2.05) is 18.2 Å². The van der Waals surface area contributed by atoms with Gasteiger partial charge in [0.15, 0.2) is 11.6 Å². The molecule has 0 bridgehead atoms. The van der Waals surface area contributed by atoms with Crippen LogP contribution in [0.25, 0.3) is 11.0 Å². The first-order chi connectivity index (χ1) is 17.1. The number of methoxy groups -OCH3 is 1. The van der Waals surface area contributed by atoms with Crippen molar-refractivity contribution in [3.63, 3.8) is 0 Å². The second kappa shape index (κ2) is 10.3. The smallest absolute Gasteiger partial charge is 0.273 e. The number of fused-ring (bicyclic) bond motifs is 1. The predicted octanol–water partition coefficient (Wildman–Crippen LogP) is 2.78. The number of benzene rings is 1. The molecule has 9 nitrogen and oxygen atoms in total. The topological polar surface area (TPSA) is 98.3 Å². The zero-order chi connectivity index (χ0) is 24.2. The quantitative estimate of drug-likeness (QED) is 0.374. The zero-order valence-electron chi connectivity index (χ0n) is 19.5. The fourth-order valence-electron chi connectivity index (χ4n) is 4.33. The van der Waals surface area contributed by atoms with Crippen molar-refractivity contribution in [3.8, 4) is 0 Å². The van der Waals surface area contributed by atoms with Crippen LogP contribution in [0.2, 0.25) is 0 Å². The average molecular weight is 479 g/mol. The molecule has 0 atom stereocenters. The molecular weight excluding hydrogens is 451 g/mol. The Morgan fingerprint density at radius 2 is 2.06 bits per heavy atom. The van der Waals surface area contributed by atoms with E-state index in [0.29, 0.717) is 24.8 Å². The van der Waals surface area contributed by atoms with Gasteiger partial charge in [-0.1, -0.05) is 12.1 Å². The van der Waals surface area contributed by atoms with Crippen molar-refractivity contribution in [2.45, 2.75) is 25.4 Å². The van der Waals surface area contributed by atoms with E-state index in [0.717, 1.165) is 43.0 Å². The number of para-hydroxylation sites is 2. The van der Waals surface area contributed by atoms with Gasteiger partial charge >= 0.3 is 0 Å². The summed E-state index contributed by atoms with van der Waals surface area (Å²) in [4.78, 5) is 27.7. The van der Waals surface area contributed by atoms with E-state index in [1.54, 1.807) is 7.11 Å². The predicted molar refractivity (Wildman–Crippen MR) is 126 cm³/mol. The van der Waals surface area contributed by atoms with Gasteiger partial charge in [-0.05, 0) is 24.3 Å². The molecule has 1 amide bonds. The van der Waals surface area contributed by atoms with Gasteiger partial charge in [-0.25, -0.2) is 14.4 Å². The highest BCUT2D eigenvalue weighted by Crippen LogP contribution is 2.29. The van der Waals surface area contributed by atoms with E-state index < -0.39 is 11.7 Å². The molecule has 35 heavy (non-hydrogen) atoms. The Balaban J connectivity index is 1.13. The van der Waals surface area contributed by atoms with E-state index in [-0.39, 0.29) is 17.9 Å². The lowest BCUT2D eigenvalue weighted by Gasteiger charge is -2.38. The van der Waals surface area contributed by atoms with Crippen molar-refractivity contribution in [1.82, 2.24) is 29.7 Å². The number of imidazole rings is 1. The van der Waals surface area contributed by atoms with Gasteiger partial charge in [0.25, 0.3) is 5.91 Å². The molecular formula is C25H27FN6O3. The molecule has 0 unspecified atom stereocenters. The minimum Gasteiger partial charge on any atom is -0.448 e. The minimum absolute atomic E-state index is 0.0159. The van der Waals surface area contributed by atoms with Gasteiger partial charge in [0.05, 0.1) is 29.9 Å². The van der Waals surface area contributed by atoms with Crippen molar-refractivity contribution in [3.05, 3.63) is 77.8 Å². The Hall–Kier alpha value is -3.63. The molecule has 1 aliphatic rings. The third-order valence-corrected chi connectivity index (χ3v) is 6.20. The summed E-state index contributed by atoms with van der Waals surface area (Å²) >= 11 is 0. The molecule has 1 saturated heterocycles. The highest BCUT2D eigenvalue weighted by atomic mass is 19.1. The third kappa shape index (κ3) is 5.08. The Morgan fingerprint density at radius 3 is 2.89 bits per heavy atom. The summed E-state index contributed by atoms with van der Waals surface area (Å²) in [6, 6.07) is 11.0. The third-order valence-electron chi connectivity index (χ3n) is 6.20. The molecule has 1 N–H and O–H groups in total. The number of hydrogen-bond acceptors (Lipinski definition) is 7. The summed E-state index contributed by atoms with van der Waals surface area (Å²) in [5.41, 5.74) is 2.49. The number of nitrogens with zero attached hydrogens (tertiary/aromatic N) is 5. The van der Waals surface area contributed by atoms with Gasteiger partial charge < -0.3 is 23.9 Å². The lowest BCUT2D eigenvalue weighted by molar-refractivity contribution is 0.0945. The van der Waals surface area contributed by atoms with Crippen LogP contribution in [0.5, 0.6) is 0 Å². The molecule has 1 aliphatic heterocycles. The molecule has 5 rings (SSSR count). The fraction of sp³-hybridized carbons (Fsp3) is 0.360. The summed E-state index contributed by atoms with van der Waals surface area (Å²) in [7, 11) is 1.71. The molecule has 0 spiro atoms. The maximum Gasteiger partial charge on any atom is 0.273 e. The number of likely N-dealkylation sites (tertiary alicyclic amines) is 1. The molecule has 0 aliphatic carbocycles. The second-order valence-corrected chi connectivity index (χ2v) is 8.55. The van der Waals surface area contributed by atoms with Crippen LogP contribution in [0.3, 0.4) is 0 Å². The zero-order valence-corrected chi connectivity index (χ0v) is 19.5. The highest BCUT2D eigenvalue weighted by Gasteiger charge is 2.32. The monoisotopic (exact) mass is 478 g/mol. The largest absolute Gasteiger partial charge is 0.448 e. The van der Waals surface area contributed by atoms with Gasteiger partial charge in [-0.15, -0.1) is 0 Å². The van der Waals surface area contributed by atoms with Crippen LogP contribution < -0.4 is 5.32 Å². The average Bonchev–Trinajstić information content (AvgIpc) is 3.46. The van der Waals surface area contributed by atoms with Crippen molar-refractivity contribution >= 4 is 16.9 Å². The van der Waals surface area contributed by atoms with E-state index in [1.165, 1.54) is 24.6 Å². The number of aromatic nitrogens is 4. The van der Waals surface area contributed by atoms with Gasteiger partial charge in [0.1, 0.15) is 17.9 Å². The number of nitrogens with one attached hydrogen (secondary N) is 1. The molecule has 0 radical (unpaired) electrons. The summed E-state index contributed by atoms with van der Waals surface area (Å²) in [5.74, 6) is 1.06. The summed E-state index contributed by atoms with van der Waals surface area (Å²) in [6.07, 6.45) is 3.40. The summed E-state index contributed by atoms with van der Waals surface area (Å²) < 4.78 is 26.7. The molecule has 4 heterocycles. The van der Waals surface area contributed by atoms with Crippen LogP contribution >= 0.6 is 0 Å². The van der Waals surface area contributed by atoms with Crippen molar-refractivity contribution in [2.24, 2.45) is 0 Å². The van der Waals surface area contributed by atoms with E-state index in [2.05, 4.69) is 30.8 Å². The molecule has 1 aromatic carbocycles. The number of pyridine rings is 1. The number of oxazole rings is 1. The molecule has 182 valence electrons. The molecule has 1 fully saturated rings. The number of ether oxygens (including phenoxy) is 1. The summed E-state index contributed by atoms with van der Waals surface area (Å²) in [5, 5.41) is 2.62. The molecule has 10 heteroatoms. The van der Waals surface area contributed by atoms with E-state index >= 15 is 0 Å². The van der Waals surface area contributed by atoms with Crippen molar-refractivity contribution < 1.29 is 18.3 Å². The maximum absolute atomic E-state index is 13.7. The SMILES string of the molecule is COCCn1c(C2CN(CCc3nc(C(=O)NCc4ncccc4F)co3)C2)nc2ccccc21. The van der Waals surface area contributed by atoms with Gasteiger partial charge in [-0.3, -0.25) is 9.78 Å². The first-order valence-electron chi connectivity index (χ1n) is 11.6. The normalized spacial score (nSPS) is 14.3. The second-order valence-electron chi connectivity index (χ2n) is 8.55. The first kappa shape index (κ1) is 23.1. The lowest BCUT2D eigenvalue weighted by Crippen LogP contribution is -2.46. The number of hydrogen-bond donors (Lipinski definition) is 1. The van der Waals surface area contributed by atoms with Crippen LogP contribution in [0, 0.1) is 5.82 Å². The standard InChI is InChI=1S/C25H27FN6O3/c1-34-12-11-32-22-7-3-2-6-19(22)30-24(32)17-14-31(15-17)10-8-23-29-21(16-35-23)25(33)28-13-20-18(26)5-4-9-27-20/h2-7,9,16-17H,8,10-15H2,1H3,(H,28,33). The van der Waals surface area contributed by atoms with Gasteiger partial charge in [0, 0.05) is 51.8 Å². The molecule has 4 aromatic rings. The Labute approximate surface area is 201 Å². The van der Waals surface area contributed by atoms with Crippen LogP contribution in [0.4, 0.5) is 4.39 Å². The van der Waals surface area contributed by atoms with Gasteiger partial charge in [0.2, 0.25) is 0 Å². The minimum atomic E-state index is -0.462. The van der Waals surface area contributed by atoms with Crippen molar-refractivity contribution in [2.75, 3.05) is 33.4 Å². The number of halogens is 1. The molecule has 3 aromatic heterocycles. The lowest BCUT2D eigenvalue weighted by atomic mass is 9.99. The van der Waals surface area contributed by atoms with Crippen LogP contribution in [-0.4, -0.2) is 63.7 Å². The first-order valence-corrected chi connectivity index (χ1v) is 11.6. The van der Waals surface area contributed by atoms with Crippen LogP contribution in [-0.2, 0) is 24.2 Å². The number of rotatable bonds is 10. The van der Waals surface area contributed by atoms with Crippen LogP contribution in [0.15, 0.2) is 53.3 Å². The number of amides is 1.